The second-order valence-electron chi connectivity index (χ2n) is 6.76. The van der Waals surface area contributed by atoms with Gasteiger partial charge >= 0.3 is 0 Å². The quantitative estimate of drug-likeness (QED) is 0.706. The van der Waals surface area contributed by atoms with Gasteiger partial charge in [0.2, 0.25) is 5.91 Å². The van der Waals surface area contributed by atoms with E-state index in [1.807, 2.05) is 0 Å². The molecule has 0 radical (unpaired) electrons. The molecule has 7 heteroatoms. The van der Waals surface area contributed by atoms with Gasteiger partial charge in [0.1, 0.15) is 19.8 Å². The number of nitrogens with one attached hydrogen (secondary N) is 1. The van der Waals surface area contributed by atoms with E-state index in [1.165, 1.54) is 25.7 Å². The van der Waals surface area contributed by atoms with Gasteiger partial charge in [-0.15, -0.1) is 0 Å². The lowest BCUT2D eigenvalue weighted by Crippen LogP contribution is -2.50. The molecule has 0 bridgehead atoms. The highest BCUT2D eigenvalue weighted by molar-refractivity contribution is 6.01. The second kappa shape index (κ2) is 7.40. The highest BCUT2D eigenvalue weighted by Gasteiger charge is 2.31. The number of carbonyl (C=O) groups excluding carboxylic acids is 3. The molecule has 0 aromatic heterocycles. The maximum absolute atomic E-state index is 12.0. The Bertz CT molecular complexity index is 460. The molecule has 1 atom stereocenters. The van der Waals surface area contributed by atoms with Crippen molar-refractivity contribution >= 4 is 17.7 Å². The van der Waals surface area contributed by atoms with E-state index in [-0.39, 0.29) is 25.7 Å². The number of morpholine rings is 1. The number of imide groups is 1. The Labute approximate surface area is 136 Å². The lowest BCUT2D eigenvalue weighted by atomic mass is 10.1. The molecule has 2 aliphatic heterocycles. The van der Waals surface area contributed by atoms with Crippen molar-refractivity contribution in [3.63, 3.8) is 0 Å². The van der Waals surface area contributed by atoms with Crippen LogP contribution in [0.5, 0.6) is 0 Å². The minimum atomic E-state index is -0.440. The number of carbonyl (C=O) groups is 3. The standard InChI is InChI=1S/C16H25N3O4/c20-14(9-19-15(21)10-23-11-16(19)22)17-7-12-5-6-18(8-12)13-3-1-2-4-13/h12-13H,1-11H2,(H,17,20)/t12-/m1/s1. The third kappa shape index (κ3) is 4.09. The Morgan fingerprint density at radius 3 is 2.52 bits per heavy atom. The first-order valence-corrected chi connectivity index (χ1v) is 8.55. The number of ether oxygens (including phenoxy) is 1. The van der Waals surface area contributed by atoms with Crippen molar-refractivity contribution in [1.82, 2.24) is 15.1 Å². The molecule has 3 rings (SSSR count). The van der Waals surface area contributed by atoms with Crippen molar-refractivity contribution in [2.45, 2.75) is 38.1 Å². The fourth-order valence-corrected chi connectivity index (χ4v) is 3.78. The maximum Gasteiger partial charge on any atom is 0.255 e. The molecule has 3 aliphatic rings. The molecule has 0 aromatic rings. The summed E-state index contributed by atoms with van der Waals surface area (Å²) in [7, 11) is 0. The summed E-state index contributed by atoms with van der Waals surface area (Å²) in [5.74, 6) is -0.682. The summed E-state index contributed by atoms with van der Waals surface area (Å²) in [5, 5.41) is 2.87. The van der Waals surface area contributed by atoms with Crippen LogP contribution in [0.15, 0.2) is 0 Å². The second-order valence-corrected chi connectivity index (χ2v) is 6.76. The molecule has 1 aliphatic carbocycles. The Hall–Kier alpha value is -1.47. The fourth-order valence-electron chi connectivity index (χ4n) is 3.78. The number of amides is 3. The largest absolute Gasteiger partial charge is 0.362 e. The van der Waals surface area contributed by atoms with Crippen molar-refractivity contribution < 1.29 is 19.1 Å². The molecule has 0 unspecified atom stereocenters. The van der Waals surface area contributed by atoms with Crippen LogP contribution in [-0.4, -0.2) is 73.0 Å². The summed E-state index contributed by atoms with van der Waals surface area (Å²) < 4.78 is 4.83. The van der Waals surface area contributed by atoms with E-state index >= 15 is 0 Å². The van der Waals surface area contributed by atoms with E-state index in [4.69, 9.17) is 4.74 Å². The van der Waals surface area contributed by atoms with Crippen molar-refractivity contribution in [3.8, 4) is 0 Å². The van der Waals surface area contributed by atoms with Gasteiger partial charge in [0.05, 0.1) is 0 Å². The molecule has 0 aromatic carbocycles. The van der Waals surface area contributed by atoms with Crippen LogP contribution >= 0.6 is 0 Å². The minimum Gasteiger partial charge on any atom is -0.362 e. The van der Waals surface area contributed by atoms with E-state index in [0.717, 1.165) is 30.5 Å². The van der Waals surface area contributed by atoms with Crippen LogP contribution in [-0.2, 0) is 19.1 Å². The SMILES string of the molecule is O=C(CN1C(=O)COCC1=O)NC[C@H]1CCN(C2CCCC2)C1. The van der Waals surface area contributed by atoms with Gasteiger partial charge in [0.25, 0.3) is 11.8 Å². The van der Waals surface area contributed by atoms with Gasteiger partial charge in [0, 0.05) is 19.1 Å². The highest BCUT2D eigenvalue weighted by Crippen LogP contribution is 2.28. The zero-order valence-corrected chi connectivity index (χ0v) is 13.5. The van der Waals surface area contributed by atoms with Gasteiger partial charge in [-0.3, -0.25) is 19.3 Å². The minimum absolute atomic E-state index is 0.127. The van der Waals surface area contributed by atoms with Crippen LogP contribution in [0.3, 0.4) is 0 Å². The summed E-state index contributed by atoms with van der Waals surface area (Å²) in [4.78, 5) is 38.7. The molecule has 3 amide bonds. The predicted octanol–water partition coefficient (Wildman–Crippen LogP) is -0.247. The molecule has 1 N–H and O–H groups in total. The summed E-state index contributed by atoms with van der Waals surface area (Å²) in [5.41, 5.74) is 0. The Kier molecular flexibility index (Phi) is 5.27. The van der Waals surface area contributed by atoms with E-state index in [2.05, 4.69) is 10.2 Å². The average molecular weight is 323 g/mol. The Morgan fingerprint density at radius 1 is 1.13 bits per heavy atom. The lowest BCUT2D eigenvalue weighted by Gasteiger charge is -2.25. The summed E-state index contributed by atoms with van der Waals surface area (Å²) in [6.07, 6.45) is 6.39. The normalized spacial score (nSPS) is 27.0. The molecule has 0 spiro atoms. The number of likely N-dealkylation sites (tertiary alicyclic amines) is 1. The smallest absolute Gasteiger partial charge is 0.255 e. The summed E-state index contributed by atoms with van der Waals surface area (Å²) in [6.45, 7) is 2.33. The van der Waals surface area contributed by atoms with E-state index < -0.39 is 11.8 Å². The zero-order chi connectivity index (χ0) is 16.2. The van der Waals surface area contributed by atoms with Crippen LogP contribution < -0.4 is 5.32 Å². The highest BCUT2D eigenvalue weighted by atomic mass is 16.5. The van der Waals surface area contributed by atoms with Crippen molar-refractivity contribution in [2.75, 3.05) is 39.4 Å². The molecule has 23 heavy (non-hydrogen) atoms. The van der Waals surface area contributed by atoms with E-state index in [9.17, 15) is 14.4 Å². The van der Waals surface area contributed by atoms with Gasteiger partial charge in [0.15, 0.2) is 0 Å². The average Bonchev–Trinajstić information content (AvgIpc) is 3.19. The third-order valence-corrected chi connectivity index (χ3v) is 5.10. The lowest BCUT2D eigenvalue weighted by molar-refractivity contribution is -0.160. The van der Waals surface area contributed by atoms with Crippen molar-refractivity contribution in [2.24, 2.45) is 5.92 Å². The van der Waals surface area contributed by atoms with Crippen LogP contribution in [0, 0.1) is 5.92 Å². The van der Waals surface area contributed by atoms with Crippen LogP contribution in [0.2, 0.25) is 0 Å². The summed E-state index contributed by atoms with van der Waals surface area (Å²) in [6, 6.07) is 0.735. The van der Waals surface area contributed by atoms with Gasteiger partial charge in [-0.05, 0) is 31.7 Å². The Morgan fingerprint density at radius 2 is 1.83 bits per heavy atom. The topological polar surface area (TPSA) is 78.9 Å². The van der Waals surface area contributed by atoms with Gasteiger partial charge < -0.3 is 15.0 Å². The molecule has 2 saturated heterocycles. The number of rotatable bonds is 5. The van der Waals surface area contributed by atoms with Crippen LogP contribution in [0.4, 0.5) is 0 Å². The molecule has 1 saturated carbocycles. The number of hydrogen-bond acceptors (Lipinski definition) is 5. The van der Waals surface area contributed by atoms with Crippen LogP contribution in [0.1, 0.15) is 32.1 Å². The van der Waals surface area contributed by atoms with E-state index in [1.54, 1.807) is 0 Å². The number of nitrogens with zero attached hydrogens (tertiary/aromatic N) is 2. The van der Waals surface area contributed by atoms with Crippen LogP contribution in [0.25, 0.3) is 0 Å². The van der Waals surface area contributed by atoms with Gasteiger partial charge in [-0.25, -0.2) is 0 Å². The van der Waals surface area contributed by atoms with Gasteiger partial charge in [-0.2, -0.15) is 0 Å². The molecular formula is C16H25N3O4. The monoisotopic (exact) mass is 323 g/mol. The molecule has 3 fully saturated rings. The first-order chi connectivity index (χ1) is 11.1. The van der Waals surface area contributed by atoms with Crippen molar-refractivity contribution in [3.05, 3.63) is 0 Å². The molecular weight excluding hydrogens is 298 g/mol. The molecule has 128 valence electrons. The predicted molar refractivity (Wildman–Crippen MR) is 82.5 cm³/mol. The first kappa shape index (κ1) is 16.4. The van der Waals surface area contributed by atoms with E-state index in [0.29, 0.717) is 12.5 Å². The van der Waals surface area contributed by atoms with Gasteiger partial charge in [-0.1, -0.05) is 12.8 Å². The first-order valence-electron chi connectivity index (χ1n) is 8.55. The summed E-state index contributed by atoms with van der Waals surface area (Å²) >= 11 is 0. The van der Waals surface area contributed by atoms with Crippen molar-refractivity contribution in [1.29, 1.82) is 0 Å². The number of hydrogen-bond donors (Lipinski definition) is 1. The zero-order valence-electron chi connectivity index (χ0n) is 13.5. The maximum atomic E-state index is 12.0. The molecule has 2 heterocycles. The fraction of sp³-hybridized carbons (Fsp3) is 0.812. The third-order valence-electron chi connectivity index (χ3n) is 5.10. The Balaban J connectivity index is 1.39. The molecule has 7 nitrogen and oxygen atoms in total.